The van der Waals surface area contributed by atoms with E-state index in [0.717, 1.165) is 12.0 Å². The van der Waals surface area contributed by atoms with Crippen LogP contribution in [0.15, 0.2) is 0 Å². The van der Waals surface area contributed by atoms with Crippen molar-refractivity contribution >= 4 is 0 Å². The van der Waals surface area contributed by atoms with E-state index < -0.39 is 0 Å². The molecule has 1 fully saturated rings. The van der Waals surface area contributed by atoms with Crippen LogP contribution in [0.2, 0.25) is 0 Å². The van der Waals surface area contributed by atoms with Crippen molar-refractivity contribution in [3.05, 3.63) is 0 Å². The molecule has 1 heteroatoms. The van der Waals surface area contributed by atoms with Gasteiger partial charge in [-0.3, -0.25) is 0 Å². The summed E-state index contributed by atoms with van der Waals surface area (Å²) in [6, 6.07) is 0.722. The van der Waals surface area contributed by atoms with Crippen molar-refractivity contribution in [2.45, 2.75) is 59.9 Å². The van der Waals surface area contributed by atoms with Gasteiger partial charge in [0.05, 0.1) is 0 Å². The molecule has 84 valence electrons. The first-order valence-electron chi connectivity index (χ1n) is 6.26. The predicted molar refractivity (Wildman–Crippen MR) is 63.5 cm³/mol. The number of hydrogen-bond donors (Lipinski definition) is 0. The van der Waals surface area contributed by atoms with Gasteiger partial charge in [-0.25, -0.2) is 0 Å². The van der Waals surface area contributed by atoms with Gasteiger partial charge in [0.1, 0.15) is 0 Å². The van der Waals surface area contributed by atoms with E-state index in [1.165, 1.54) is 32.4 Å². The van der Waals surface area contributed by atoms with Crippen LogP contribution in [0.3, 0.4) is 0 Å². The van der Waals surface area contributed by atoms with Gasteiger partial charge < -0.3 is 4.90 Å². The van der Waals surface area contributed by atoms with Crippen LogP contribution < -0.4 is 0 Å². The second-order valence-electron chi connectivity index (χ2n) is 5.54. The largest absolute Gasteiger partial charge is 0.300 e. The maximum Gasteiger partial charge on any atom is 0.00430 e. The van der Waals surface area contributed by atoms with Crippen LogP contribution in [0.4, 0.5) is 0 Å². The Hall–Kier alpha value is -0.0400. The first-order chi connectivity index (χ1) is 6.52. The fourth-order valence-corrected chi connectivity index (χ4v) is 2.81. The van der Waals surface area contributed by atoms with Crippen molar-refractivity contribution in [3.8, 4) is 0 Å². The summed E-state index contributed by atoms with van der Waals surface area (Å²) in [5, 5.41) is 0. The Bertz CT molecular complexity index is 174. The molecule has 1 rings (SSSR count). The van der Waals surface area contributed by atoms with Crippen molar-refractivity contribution in [2.75, 3.05) is 13.1 Å². The third kappa shape index (κ3) is 2.31. The highest BCUT2D eigenvalue weighted by Gasteiger charge is 2.36. The Morgan fingerprint density at radius 3 is 2.29 bits per heavy atom. The topological polar surface area (TPSA) is 3.24 Å². The third-order valence-electron chi connectivity index (χ3n) is 4.30. The van der Waals surface area contributed by atoms with Gasteiger partial charge in [-0.05, 0) is 51.0 Å². The lowest BCUT2D eigenvalue weighted by Gasteiger charge is -2.47. The van der Waals surface area contributed by atoms with Crippen LogP contribution >= 0.6 is 0 Å². The highest BCUT2D eigenvalue weighted by molar-refractivity contribution is 4.89. The number of likely N-dealkylation sites (tertiary alicyclic amines) is 1. The van der Waals surface area contributed by atoms with Gasteiger partial charge in [0.25, 0.3) is 0 Å². The van der Waals surface area contributed by atoms with Crippen LogP contribution in [0.25, 0.3) is 0 Å². The normalized spacial score (nSPS) is 30.2. The molecular formula is C13H27N. The van der Waals surface area contributed by atoms with Gasteiger partial charge in [-0.15, -0.1) is 0 Å². The van der Waals surface area contributed by atoms with Crippen LogP contribution in [0.5, 0.6) is 0 Å². The van der Waals surface area contributed by atoms with E-state index in [0.29, 0.717) is 5.41 Å². The lowest BCUT2D eigenvalue weighted by atomic mass is 9.69. The van der Waals surface area contributed by atoms with E-state index in [-0.39, 0.29) is 0 Å². The zero-order valence-corrected chi connectivity index (χ0v) is 10.6. The minimum atomic E-state index is 0.600. The molecule has 1 aliphatic heterocycles. The van der Waals surface area contributed by atoms with Gasteiger partial charge >= 0.3 is 0 Å². The average molecular weight is 197 g/mol. The number of hydrogen-bond acceptors (Lipinski definition) is 1. The molecule has 0 saturated carbocycles. The Morgan fingerprint density at radius 1 is 1.21 bits per heavy atom. The highest BCUT2D eigenvalue weighted by atomic mass is 15.2. The molecule has 1 atom stereocenters. The summed E-state index contributed by atoms with van der Waals surface area (Å²) < 4.78 is 0. The summed E-state index contributed by atoms with van der Waals surface area (Å²) in [6.07, 6.45) is 4.17. The van der Waals surface area contributed by atoms with Gasteiger partial charge in [-0.1, -0.05) is 20.8 Å². The third-order valence-corrected chi connectivity index (χ3v) is 4.30. The summed E-state index contributed by atoms with van der Waals surface area (Å²) in [5.41, 5.74) is 0.600. The molecular weight excluding hydrogens is 170 g/mol. The maximum absolute atomic E-state index is 2.66. The van der Waals surface area contributed by atoms with Crippen molar-refractivity contribution in [1.29, 1.82) is 0 Å². The van der Waals surface area contributed by atoms with Crippen molar-refractivity contribution in [3.63, 3.8) is 0 Å². The van der Waals surface area contributed by atoms with E-state index in [1.54, 1.807) is 0 Å². The van der Waals surface area contributed by atoms with E-state index in [2.05, 4.69) is 39.5 Å². The molecule has 0 N–H and O–H groups in total. The molecule has 1 unspecified atom stereocenters. The van der Waals surface area contributed by atoms with E-state index >= 15 is 0 Å². The second-order valence-corrected chi connectivity index (χ2v) is 5.54. The standard InChI is InChI=1S/C13H27N/c1-6-13(11(2)3)8-7-9-14(10-13)12(4)5/h11-12H,6-10H2,1-5H3. The summed E-state index contributed by atoms with van der Waals surface area (Å²) in [4.78, 5) is 2.66. The lowest BCUT2D eigenvalue weighted by Crippen LogP contribution is -2.48. The van der Waals surface area contributed by atoms with Gasteiger partial charge in [0.2, 0.25) is 0 Å². The highest BCUT2D eigenvalue weighted by Crippen LogP contribution is 2.40. The molecule has 0 aromatic rings. The summed E-state index contributed by atoms with van der Waals surface area (Å²) in [5.74, 6) is 0.828. The van der Waals surface area contributed by atoms with E-state index in [9.17, 15) is 0 Å². The molecule has 0 aromatic heterocycles. The molecule has 0 aromatic carbocycles. The van der Waals surface area contributed by atoms with Crippen LogP contribution in [0, 0.1) is 11.3 Å². The first-order valence-corrected chi connectivity index (χ1v) is 6.26. The molecule has 1 aliphatic rings. The van der Waals surface area contributed by atoms with Crippen LogP contribution in [0.1, 0.15) is 53.9 Å². The molecule has 0 radical (unpaired) electrons. The monoisotopic (exact) mass is 197 g/mol. The van der Waals surface area contributed by atoms with Crippen molar-refractivity contribution < 1.29 is 0 Å². The molecule has 14 heavy (non-hydrogen) atoms. The lowest BCUT2D eigenvalue weighted by molar-refractivity contribution is 0.0273. The smallest absolute Gasteiger partial charge is 0.00430 e. The van der Waals surface area contributed by atoms with Gasteiger partial charge in [0.15, 0.2) is 0 Å². The Morgan fingerprint density at radius 2 is 1.86 bits per heavy atom. The number of piperidine rings is 1. The second kappa shape index (κ2) is 4.65. The Labute approximate surface area is 89.9 Å². The Balaban J connectivity index is 2.69. The number of rotatable bonds is 3. The molecule has 1 saturated heterocycles. The summed E-state index contributed by atoms with van der Waals surface area (Å²) in [6.45, 7) is 14.4. The predicted octanol–water partition coefficient (Wildman–Crippen LogP) is 3.54. The molecule has 0 aliphatic carbocycles. The Kier molecular flexibility index (Phi) is 4.00. The zero-order chi connectivity index (χ0) is 10.8. The summed E-state index contributed by atoms with van der Waals surface area (Å²) >= 11 is 0. The van der Waals surface area contributed by atoms with Crippen LogP contribution in [-0.4, -0.2) is 24.0 Å². The average Bonchev–Trinajstić information content (AvgIpc) is 2.17. The fourth-order valence-electron chi connectivity index (χ4n) is 2.81. The SMILES string of the molecule is CCC1(C(C)C)CCCN(C(C)C)C1. The maximum atomic E-state index is 2.66. The molecule has 0 spiro atoms. The molecule has 1 heterocycles. The van der Waals surface area contributed by atoms with Gasteiger partial charge in [0, 0.05) is 12.6 Å². The van der Waals surface area contributed by atoms with E-state index in [1.807, 2.05) is 0 Å². The van der Waals surface area contributed by atoms with Crippen LogP contribution in [-0.2, 0) is 0 Å². The first kappa shape index (κ1) is 12.0. The summed E-state index contributed by atoms with van der Waals surface area (Å²) in [7, 11) is 0. The molecule has 0 bridgehead atoms. The molecule has 1 nitrogen and oxygen atoms in total. The van der Waals surface area contributed by atoms with Crippen molar-refractivity contribution in [2.24, 2.45) is 11.3 Å². The minimum Gasteiger partial charge on any atom is -0.300 e. The fraction of sp³-hybridized carbons (Fsp3) is 1.00. The quantitative estimate of drug-likeness (QED) is 0.669. The van der Waals surface area contributed by atoms with Gasteiger partial charge in [-0.2, -0.15) is 0 Å². The van der Waals surface area contributed by atoms with Crippen molar-refractivity contribution in [1.82, 2.24) is 4.90 Å². The molecule has 0 amide bonds. The van der Waals surface area contributed by atoms with E-state index in [4.69, 9.17) is 0 Å². The zero-order valence-electron chi connectivity index (χ0n) is 10.6. The number of nitrogens with zero attached hydrogens (tertiary/aromatic N) is 1. The minimum absolute atomic E-state index is 0.600.